The van der Waals surface area contributed by atoms with Gasteiger partial charge in [0.2, 0.25) is 0 Å². The van der Waals surface area contributed by atoms with E-state index in [0.29, 0.717) is 11.5 Å². The topological polar surface area (TPSA) is 9.23 Å². The minimum absolute atomic E-state index is 0.0911. The monoisotopic (exact) mass is 496 g/mol. The smallest absolute Gasteiger partial charge is 0.387 e. The summed E-state index contributed by atoms with van der Waals surface area (Å²) in [5, 5.41) is 0. The fraction of sp³-hybridized carbons (Fsp3) is 0.733. The van der Waals surface area contributed by atoms with E-state index in [9.17, 15) is 17.6 Å². The lowest BCUT2D eigenvalue weighted by Gasteiger charge is -2.32. The van der Waals surface area contributed by atoms with Gasteiger partial charge in [0.25, 0.3) is 0 Å². The molecular weight excluding hydrogens is 452 g/mol. The first-order valence-electron chi connectivity index (χ1n) is 14.0. The fourth-order valence-electron chi connectivity index (χ4n) is 6.18. The van der Waals surface area contributed by atoms with Crippen LogP contribution in [0.1, 0.15) is 121 Å². The zero-order valence-corrected chi connectivity index (χ0v) is 21.4. The summed E-state index contributed by atoms with van der Waals surface area (Å²) in [7, 11) is 0. The molecule has 0 heterocycles. The lowest BCUT2D eigenvalue weighted by atomic mass is 9.74. The molecule has 35 heavy (non-hydrogen) atoms. The normalized spacial score (nSPS) is 25.4. The Hall–Kier alpha value is -1.52. The van der Waals surface area contributed by atoms with Crippen LogP contribution in [0.15, 0.2) is 24.3 Å². The molecule has 0 aromatic heterocycles. The van der Waals surface area contributed by atoms with Gasteiger partial charge in [-0.3, -0.25) is 0 Å². The first-order chi connectivity index (χ1) is 17.0. The van der Waals surface area contributed by atoms with Crippen molar-refractivity contribution < 1.29 is 22.3 Å². The molecule has 0 aliphatic heterocycles. The summed E-state index contributed by atoms with van der Waals surface area (Å²) in [6.07, 6.45) is 24.5. The van der Waals surface area contributed by atoms with Crippen molar-refractivity contribution in [3.63, 3.8) is 0 Å². The summed E-state index contributed by atoms with van der Waals surface area (Å²) in [6, 6.07) is 2.35. The van der Waals surface area contributed by atoms with Gasteiger partial charge in [0.05, 0.1) is 0 Å². The Kier molecular flexibility index (Phi) is 11.9. The van der Waals surface area contributed by atoms with Crippen molar-refractivity contribution in [2.24, 2.45) is 17.8 Å². The third kappa shape index (κ3) is 9.46. The Morgan fingerprint density at radius 2 is 1.29 bits per heavy atom. The highest BCUT2D eigenvalue weighted by Crippen LogP contribution is 2.41. The Labute approximate surface area is 209 Å². The number of hydrogen-bond donors (Lipinski definition) is 0. The highest BCUT2D eigenvalue weighted by atomic mass is 19.3. The molecule has 198 valence electrons. The van der Waals surface area contributed by atoms with Crippen LogP contribution in [0.4, 0.5) is 17.6 Å². The van der Waals surface area contributed by atoms with Crippen LogP contribution in [-0.2, 0) is 0 Å². The van der Waals surface area contributed by atoms with Gasteiger partial charge in [0, 0.05) is 0 Å². The van der Waals surface area contributed by atoms with E-state index in [1.54, 1.807) is 0 Å². The van der Waals surface area contributed by atoms with E-state index in [4.69, 9.17) is 0 Å². The number of alkyl halides is 2. The second-order valence-electron chi connectivity index (χ2n) is 10.9. The Morgan fingerprint density at radius 1 is 0.771 bits per heavy atom. The van der Waals surface area contributed by atoms with Gasteiger partial charge < -0.3 is 4.74 Å². The molecule has 1 aromatic carbocycles. The van der Waals surface area contributed by atoms with Crippen LogP contribution in [0.3, 0.4) is 0 Å². The van der Waals surface area contributed by atoms with Gasteiger partial charge in [-0.25, -0.2) is 8.78 Å². The molecule has 2 fully saturated rings. The Morgan fingerprint density at radius 3 is 1.83 bits per heavy atom. The molecule has 5 heteroatoms. The SMILES string of the molecule is CCC/C=C/CCCC[C@H]1CC[C@H](CC[C@H]2CC[C@H](c3cc(F)c(OC(F)F)c(F)c3)CC2)CC1. The molecule has 0 saturated heterocycles. The number of unbranched alkanes of at least 4 members (excludes halogenated alkanes) is 3. The van der Waals surface area contributed by atoms with Crippen LogP contribution in [0.5, 0.6) is 5.75 Å². The van der Waals surface area contributed by atoms with Crippen LogP contribution in [-0.4, -0.2) is 6.61 Å². The quantitative estimate of drug-likeness (QED) is 0.150. The van der Waals surface area contributed by atoms with Crippen molar-refractivity contribution in [2.45, 2.75) is 122 Å². The molecule has 0 radical (unpaired) electrons. The molecule has 0 spiro atoms. The van der Waals surface area contributed by atoms with E-state index in [1.165, 1.54) is 89.2 Å². The standard InChI is InChI=1S/C30H44F4O/c1-2-3-4-5-6-7-8-9-22-10-12-23(13-11-22)14-15-24-16-18-25(19-17-24)26-20-27(31)29(28(32)21-26)35-30(33)34/h4-5,20-25,30H,2-3,6-19H2,1H3/b5-4+/t22-,23-,24-,25-. The molecular formula is C30H44F4O. The average Bonchev–Trinajstić information content (AvgIpc) is 2.85. The molecule has 0 atom stereocenters. The van der Waals surface area contributed by atoms with Gasteiger partial charge >= 0.3 is 6.61 Å². The van der Waals surface area contributed by atoms with Gasteiger partial charge in [-0.05, 0) is 86.3 Å². The number of rotatable bonds is 13. The van der Waals surface area contributed by atoms with Crippen LogP contribution in [0.25, 0.3) is 0 Å². The summed E-state index contributed by atoms with van der Waals surface area (Å²) >= 11 is 0. The maximum absolute atomic E-state index is 14.1. The first kappa shape index (κ1) is 28.1. The molecule has 1 nitrogen and oxygen atoms in total. The van der Waals surface area contributed by atoms with Crippen molar-refractivity contribution in [3.8, 4) is 5.75 Å². The lowest BCUT2D eigenvalue weighted by molar-refractivity contribution is -0.0546. The second kappa shape index (κ2) is 14.9. The summed E-state index contributed by atoms with van der Waals surface area (Å²) in [5.74, 6) is -0.476. The van der Waals surface area contributed by atoms with E-state index in [1.807, 2.05) is 0 Å². The molecule has 0 bridgehead atoms. The van der Waals surface area contributed by atoms with E-state index >= 15 is 0 Å². The van der Waals surface area contributed by atoms with E-state index < -0.39 is 24.0 Å². The third-order valence-corrected chi connectivity index (χ3v) is 8.35. The molecule has 0 amide bonds. The number of ether oxygens (including phenoxy) is 1. The molecule has 0 N–H and O–H groups in total. The van der Waals surface area contributed by atoms with Crippen LogP contribution >= 0.6 is 0 Å². The highest BCUT2D eigenvalue weighted by molar-refractivity contribution is 5.33. The fourth-order valence-corrected chi connectivity index (χ4v) is 6.18. The van der Waals surface area contributed by atoms with E-state index in [2.05, 4.69) is 23.8 Å². The molecule has 2 saturated carbocycles. The van der Waals surface area contributed by atoms with Crippen LogP contribution in [0.2, 0.25) is 0 Å². The Balaban J connectivity index is 1.30. The maximum Gasteiger partial charge on any atom is 0.387 e. The predicted octanol–water partition coefficient (Wildman–Crippen LogP) is 10.3. The first-order valence-corrected chi connectivity index (χ1v) is 14.0. The number of allylic oxidation sites excluding steroid dienone is 2. The summed E-state index contributed by atoms with van der Waals surface area (Å²) in [5.41, 5.74) is 0.565. The van der Waals surface area contributed by atoms with E-state index in [0.717, 1.165) is 37.5 Å². The zero-order valence-electron chi connectivity index (χ0n) is 21.4. The lowest BCUT2D eigenvalue weighted by Crippen LogP contribution is -2.18. The zero-order chi connectivity index (χ0) is 25.0. The van der Waals surface area contributed by atoms with Gasteiger partial charge in [-0.15, -0.1) is 0 Å². The molecule has 2 aliphatic carbocycles. The van der Waals surface area contributed by atoms with Crippen molar-refractivity contribution in [3.05, 3.63) is 41.5 Å². The summed E-state index contributed by atoms with van der Waals surface area (Å²) < 4.78 is 56.9. The highest BCUT2D eigenvalue weighted by Gasteiger charge is 2.27. The van der Waals surface area contributed by atoms with Crippen molar-refractivity contribution >= 4 is 0 Å². The minimum Gasteiger partial charge on any atom is -0.429 e. The Bertz CT molecular complexity index is 739. The van der Waals surface area contributed by atoms with Crippen molar-refractivity contribution in [1.29, 1.82) is 0 Å². The molecule has 3 rings (SSSR count). The van der Waals surface area contributed by atoms with Gasteiger partial charge in [-0.2, -0.15) is 8.78 Å². The van der Waals surface area contributed by atoms with Crippen LogP contribution < -0.4 is 4.74 Å². The third-order valence-electron chi connectivity index (χ3n) is 8.35. The van der Waals surface area contributed by atoms with Crippen molar-refractivity contribution in [2.75, 3.05) is 0 Å². The number of halogens is 4. The molecule has 1 aromatic rings. The number of benzene rings is 1. The largest absolute Gasteiger partial charge is 0.429 e. The molecule has 2 aliphatic rings. The number of hydrogen-bond acceptors (Lipinski definition) is 1. The van der Waals surface area contributed by atoms with Gasteiger partial charge in [-0.1, -0.05) is 76.9 Å². The average molecular weight is 497 g/mol. The minimum atomic E-state index is -3.24. The van der Waals surface area contributed by atoms with Crippen molar-refractivity contribution in [1.82, 2.24) is 0 Å². The van der Waals surface area contributed by atoms with Gasteiger partial charge in [0.1, 0.15) is 0 Å². The predicted molar refractivity (Wildman–Crippen MR) is 135 cm³/mol. The van der Waals surface area contributed by atoms with Gasteiger partial charge in [0.15, 0.2) is 17.4 Å². The summed E-state index contributed by atoms with van der Waals surface area (Å²) in [4.78, 5) is 0. The van der Waals surface area contributed by atoms with Crippen LogP contribution in [0, 0.1) is 29.4 Å². The van der Waals surface area contributed by atoms with E-state index in [-0.39, 0.29) is 5.92 Å². The molecule has 0 unspecified atom stereocenters. The maximum atomic E-state index is 14.1. The second-order valence-corrected chi connectivity index (χ2v) is 10.9. The summed E-state index contributed by atoms with van der Waals surface area (Å²) in [6.45, 7) is -1.02.